The lowest BCUT2D eigenvalue weighted by Gasteiger charge is -2.13. The van der Waals surface area contributed by atoms with Gasteiger partial charge in [0.1, 0.15) is 0 Å². The molecule has 0 spiro atoms. The number of hydrogen-bond donors (Lipinski definition) is 0. The van der Waals surface area contributed by atoms with Gasteiger partial charge in [0.05, 0.1) is 17.4 Å². The van der Waals surface area contributed by atoms with Gasteiger partial charge in [-0.1, -0.05) is 90.6 Å². The Kier molecular flexibility index (Phi) is 5.26. The molecule has 0 aliphatic carbocycles. The highest BCUT2D eigenvalue weighted by Gasteiger charge is 2.21. The predicted molar refractivity (Wildman–Crippen MR) is 110 cm³/mol. The van der Waals surface area contributed by atoms with Crippen molar-refractivity contribution in [3.8, 4) is 28.2 Å². The summed E-state index contributed by atoms with van der Waals surface area (Å²) in [5.41, 5.74) is 4.66. The van der Waals surface area contributed by atoms with Gasteiger partial charge in [-0.2, -0.15) is 0 Å². The van der Waals surface area contributed by atoms with Crippen LogP contribution in [0.1, 0.15) is 0 Å². The average molecular weight is 385 g/mol. The highest BCUT2D eigenvalue weighted by atomic mass is 32.2. The lowest BCUT2D eigenvalue weighted by atomic mass is 10.0. The molecule has 0 aliphatic heterocycles. The molecule has 1 heterocycles. The number of para-hydroxylation sites is 1. The molecule has 28 heavy (non-hydrogen) atoms. The van der Waals surface area contributed by atoms with Crippen molar-refractivity contribution in [1.29, 1.82) is 0 Å². The molecule has 4 rings (SSSR count). The molecule has 0 saturated carbocycles. The minimum atomic E-state index is -1.12. The first kappa shape index (κ1) is 18.1. The Morgan fingerprint density at radius 1 is 0.821 bits per heavy atom. The molecule has 0 unspecified atom stereocenters. The number of carboxylic acid groups (broad SMARTS) is 1. The van der Waals surface area contributed by atoms with Crippen molar-refractivity contribution in [3.63, 3.8) is 0 Å². The zero-order valence-corrected chi connectivity index (χ0v) is 15.8. The number of aliphatic carboxylic acids is 1. The monoisotopic (exact) mass is 385 g/mol. The van der Waals surface area contributed by atoms with E-state index < -0.39 is 5.97 Å². The molecule has 0 saturated heterocycles. The molecule has 0 bridgehead atoms. The Morgan fingerprint density at radius 2 is 1.36 bits per heavy atom. The summed E-state index contributed by atoms with van der Waals surface area (Å²) in [6.45, 7) is 0. The van der Waals surface area contributed by atoms with E-state index >= 15 is 0 Å². The van der Waals surface area contributed by atoms with Crippen molar-refractivity contribution in [2.24, 2.45) is 0 Å². The van der Waals surface area contributed by atoms with Crippen molar-refractivity contribution in [2.75, 3.05) is 5.75 Å². The number of aromatic nitrogens is 2. The van der Waals surface area contributed by atoms with Crippen molar-refractivity contribution < 1.29 is 9.90 Å². The van der Waals surface area contributed by atoms with Crippen LogP contribution in [-0.2, 0) is 4.79 Å². The van der Waals surface area contributed by atoms with Crippen molar-refractivity contribution >= 4 is 17.7 Å². The van der Waals surface area contributed by atoms with E-state index in [1.54, 1.807) is 0 Å². The number of carbonyl (C=O) groups excluding carboxylic acids is 1. The number of nitrogens with zero attached hydrogens (tertiary/aromatic N) is 2. The largest absolute Gasteiger partial charge is 0.549 e. The molecule has 4 aromatic rings. The molecule has 0 aliphatic rings. The Hall–Kier alpha value is -3.31. The van der Waals surface area contributed by atoms with Gasteiger partial charge in [0.2, 0.25) is 0 Å². The Morgan fingerprint density at radius 3 is 1.93 bits per heavy atom. The lowest BCUT2D eigenvalue weighted by Crippen LogP contribution is -2.24. The number of carbonyl (C=O) groups is 1. The maximum absolute atomic E-state index is 11.1. The van der Waals surface area contributed by atoms with Gasteiger partial charge < -0.3 is 9.90 Å². The van der Waals surface area contributed by atoms with E-state index in [-0.39, 0.29) is 5.75 Å². The van der Waals surface area contributed by atoms with Crippen LogP contribution in [-0.4, -0.2) is 21.3 Å². The van der Waals surface area contributed by atoms with Crippen LogP contribution < -0.4 is 5.11 Å². The van der Waals surface area contributed by atoms with E-state index in [0.717, 1.165) is 40.0 Å². The zero-order valence-electron chi connectivity index (χ0n) is 15.0. The molecule has 5 heteroatoms. The molecule has 0 N–H and O–H groups in total. The SMILES string of the molecule is O=C([O-])CSc1nc(-c2ccccc2)c(-c2ccccc2)n1-c1ccccc1. The summed E-state index contributed by atoms with van der Waals surface area (Å²) >= 11 is 1.16. The highest BCUT2D eigenvalue weighted by molar-refractivity contribution is 7.99. The van der Waals surface area contributed by atoms with E-state index in [9.17, 15) is 9.90 Å². The van der Waals surface area contributed by atoms with E-state index in [2.05, 4.69) is 0 Å². The van der Waals surface area contributed by atoms with Crippen molar-refractivity contribution in [3.05, 3.63) is 91.0 Å². The van der Waals surface area contributed by atoms with Gasteiger partial charge >= 0.3 is 0 Å². The van der Waals surface area contributed by atoms with Crippen LogP contribution in [0.5, 0.6) is 0 Å². The fourth-order valence-electron chi connectivity index (χ4n) is 3.10. The molecule has 4 nitrogen and oxygen atoms in total. The zero-order chi connectivity index (χ0) is 19.3. The maximum atomic E-state index is 11.1. The van der Waals surface area contributed by atoms with Crippen LogP contribution in [0.2, 0.25) is 0 Å². The molecule has 0 atom stereocenters. The van der Waals surface area contributed by atoms with Crippen LogP contribution in [0.3, 0.4) is 0 Å². The van der Waals surface area contributed by atoms with Crippen molar-refractivity contribution in [2.45, 2.75) is 5.16 Å². The van der Waals surface area contributed by atoms with Crippen LogP contribution in [0.25, 0.3) is 28.2 Å². The fraction of sp³-hybridized carbons (Fsp3) is 0.0435. The van der Waals surface area contributed by atoms with Gasteiger partial charge in [-0.05, 0) is 12.1 Å². The van der Waals surface area contributed by atoms with E-state index in [4.69, 9.17) is 4.98 Å². The van der Waals surface area contributed by atoms with E-state index in [1.807, 2.05) is 95.6 Å². The Labute approximate surface area is 167 Å². The van der Waals surface area contributed by atoms with Crippen LogP contribution >= 0.6 is 11.8 Å². The fourth-order valence-corrected chi connectivity index (χ4v) is 3.82. The van der Waals surface area contributed by atoms with E-state index in [1.165, 1.54) is 0 Å². The molecule has 0 radical (unpaired) electrons. The number of thioether (sulfide) groups is 1. The number of hydrogen-bond acceptors (Lipinski definition) is 4. The second-order valence-electron chi connectivity index (χ2n) is 6.16. The van der Waals surface area contributed by atoms with Gasteiger partial charge in [-0.3, -0.25) is 4.57 Å². The number of benzene rings is 3. The van der Waals surface area contributed by atoms with Gasteiger partial charge in [0.15, 0.2) is 5.16 Å². The normalized spacial score (nSPS) is 10.7. The molecule has 1 aromatic heterocycles. The van der Waals surface area contributed by atoms with Gasteiger partial charge in [0.25, 0.3) is 0 Å². The second-order valence-corrected chi connectivity index (χ2v) is 7.10. The first-order chi connectivity index (χ1) is 13.7. The van der Waals surface area contributed by atoms with Gasteiger partial charge in [-0.25, -0.2) is 4.98 Å². The quantitative estimate of drug-likeness (QED) is 0.470. The van der Waals surface area contributed by atoms with Gasteiger partial charge in [0, 0.05) is 22.6 Å². The molecular formula is C23H17N2O2S-. The summed E-state index contributed by atoms with van der Waals surface area (Å²) in [5, 5.41) is 11.7. The van der Waals surface area contributed by atoms with Gasteiger partial charge in [-0.15, -0.1) is 0 Å². The topological polar surface area (TPSA) is 57.9 Å². The summed E-state index contributed by atoms with van der Waals surface area (Å²) in [6.07, 6.45) is 0. The molecule has 138 valence electrons. The number of carboxylic acids is 1. The smallest absolute Gasteiger partial charge is 0.174 e. The summed E-state index contributed by atoms with van der Waals surface area (Å²) < 4.78 is 2.02. The number of imidazole rings is 1. The summed E-state index contributed by atoms with van der Waals surface area (Å²) in [7, 11) is 0. The summed E-state index contributed by atoms with van der Waals surface area (Å²) in [5.74, 6) is -1.28. The molecule has 0 amide bonds. The highest BCUT2D eigenvalue weighted by Crippen LogP contribution is 2.37. The average Bonchev–Trinajstić information content (AvgIpc) is 3.14. The van der Waals surface area contributed by atoms with E-state index in [0.29, 0.717) is 5.16 Å². The predicted octanol–water partition coefficient (Wildman–Crippen LogP) is 4.05. The Bertz CT molecular complexity index is 1080. The third-order valence-corrected chi connectivity index (χ3v) is 5.19. The third-order valence-electron chi connectivity index (χ3n) is 4.27. The van der Waals surface area contributed by atoms with Crippen molar-refractivity contribution in [1.82, 2.24) is 9.55 Å². The van der Waals surface area contributed by atoms with Crippen LogP contribution in [0.4, 0.5) is 0 Å². The third kappa shape index (κ3) is 3.70. The molecule has 0 fully saturated rings. The summed E-state index contributed by atoms with van der Waals surface area (Å²) in [4.78, 5) is 15.9. The first-order valence-corrected chi connectivity index (χ1v) is 9.84. The lowest BCUT2D eigenvalue weighted by molar-refractivity contribution is -0.301. The number of rotatable bonds is 6. The summed E-state index contributed by atoms with van der Waals surface area (Å²) in [6, 6.07) is 29.8. The molecular weight excluding hydrogens is 368 g/mol. The van der Waals surface area contributed by atoms with Crippen LogP contribution in [0.15, 0.2) is 96.2 Å². The maximum Gasteiger partial charge on any atom is 0.174 e. The minimum absolute atomic E-state index is 0.160. The minimum Gasteiger partial charge on any atom is -0.549 e. The van der Waals surface area contributed by atoms with Crippen LogP contribution in [0, 0.1) is 0 Å². The first-order valence-electron chi connectivity index (χ1n) is 8.85. The second kappa shape index (κ2) is 8.15. The Balaban J connectivity index is 2.00. The molecule has 3 aromatic carbocycles. The standard InChI is InChI=1S/C23H18N2O2S/c26-20(27)16-28-23-24-21(17-10-4-1-5-11-17)22(18-12-6-2-7-13-18)25(23)19-14-8-3-9-15-19/h1-15H,16H2,(H,26,27)/p-1.